The summed E-state index contributed by atoms with van der Waals surface area (Å²) in [4.78, 5) is 4.36. The van der Waals surface area contributed by atoms with Gasteiger partial charge in [-0.15, -0.1) is 5.10 Å². The Labute approximate surface area is 121 Å². The molecule has 1 heterocycles. The van der Waals surface area contributed by atoms with E-state index in [0.29, 0.717) is 22.5 Å². The molecule has 104 valence electrons. The molecule has 0 radical (unpaired) electrons. The van der Waals surface area contributed by atoms with Crippen molar-refractivity contribution in [2.45, 2.75) is 17.3 Å². The molecule has 1 atom stereocenters. The predicted molar refractivity (Wildman–Crippen MR) is 75.9 cm³/mol. The molecule has 0 unspecified atom stereocenters. The number of rotatable bonds is 5. The van der Waals surface area contributed by atoms with E-state index in [1.54, 1.807) is 27.2 Å². The zero-order valence-electron chi connectivity index (χ0n) is 11.4. The normalized spacial score (nSPS) is 11.7. The van der Waals surface area contributed by atoms with Crippen LogP contribution in [0.15, 0.2) is 23.4 Å². The number of methoxy groups -OCH3 is 2. The van der Waals surface area contributed by atoms with Gasteiger partial charge in [-0.25, -0.2) is 4.98 Å². The monoisotopic (exact) mass is 290 g/mol. The maximum Gasteiger partial charge on any atom is 0.210 e. The van der Waals surface area contributed by atoms with Gasteiger partial charge in [-0.1, -0.05) is 11.8 Å². The van der Waals surface area contributed by atoms with Crippen LogP contribution in [0, 0.1) is 11.3 Å². The Balaban J connectivity index is 2.30. The molecule has 1 aromatic heterocycles. The number of aromatic amines is 1. The lowest BCUT2D eigenvalue weighted by molar-refractivity contribution is 0.395. The molecular weight excluding hydrogens is 276 g/mol. The Kier molecular flexibility index (Phi) is 4.48. The molecule has 2 rings (SSSR count). The molecule has 0 aliphatic heterocycles. The summed E-state index contributed by atoms with van der Waals surface area (Å²) >= 11 is 1.30. The Morgan fingerprint density at radius 3 is 2.80 bits per heavy atom. The molecule has 7 heteroatoms. The third-order valence-corrected chi connectivity index (χ3v) is 3.45. The van der Waals surface area contributed by atoms with E-state index in [1.165, 1.54) is 11.8 Å². The summed E-state index contributed by atoms with van der Waals surface area (Å²) in [6.07, 6.45) is 0. The maximum atomic E-state index is 8.79. The molecule has 1 aromatic carbocycles. The van der Waals surface area contributed by atoms with Crippen LogP contribution in [0.2, 0.25) is 0 Å². The lowest BCUT2D eigenvalue weighted by Gasteiger charge is -2.07. The maximum absolute atomic E-state index is 8.79. The van der Waals surface area contributed by atoms with Crippen molar-refractivity contribution in [1.29, 1.82) is 5.26 Å². The molecule has 0 saturated heterocycles. The van der Waals surface area contributed by atoms with Crippen molar-refractivity contribution in [2.75, 3.05) is 14.2 Å². The number of H-pyrrole nitrogens is 1. The number of nitriles is 1. The van der Waals surface area contributed by atoms with Crippen molar-refractivity contribution < 1.29 is 9.47 Å². The molecule has 0 saturated carbocycles. The lowest BCUT2D eigenvalue weighted by Crippen LogP contribution is -1.92. The van der Waals surface area contributed by atoms with Crippen LogP contribution in [-0.4, -0.2) is 34.7 Å². The van der Waals surface area contributed by atoms with Gasteiger partial charge >= 0.3 is 0 Å². The highest BCUT2D eigenvalue weighted by Gasteiger charge is 2.13. The molecule has 0 fully saturated rings. The van der Waals surface area contributed by atoms with Crippen molar-refractivity contribution in [3.05, 3.63) is 18.2 Å². The van der Waals surface area contributed by atoms with Crippen molar-refractivity contribution in [1.82, 2.24) is 15.2 Å². The fourth-order valence-corrected chi connectivity index (χ4v) is 2.21. The molecular formula is C13H14N4O2S. The first-order valence-corrected chi connectivity index (χ1v) is 6.77. The number of hydrogen-bond donors (Lipinski definition) is 1. The molecule has 0 bridgehead atoms. The molecule has 0 aliphatic rings. The third kappa shape index (κ3) is 3.03. The van der Waals surface area contributed by atoms with Gasteiger partial charge < -0.3 is 9.47 Å². The second-order valence-corrected chi connectivity index (χ2v) is 5.23. The fraction of sp³-hybridized carbons (Fsp3) is 0.308. The van der Waals surface area contributed by atoms with E-state index in [-0.39, 0.29) is 5.25 Å². The first-order valence-electron chi connectivity index (χ1n) is 5.89. The Morgan fingerprint density at radius 1 is 1.35 bits per heavy atom. The molecule has 0 amide bonds. The van der Waals surface area contributed by atoms with Gasteiger partial charge in [0.15, 0.2) is 5.82 Å². The molecule has 2 aromatic rings. The standard InChI is InChI=1S/C13H14N4O2S/c1-8(7-14)20-13-15-12(16-17-13)10-5-4-9(18-2)6-11(10)19-3/h4-6,8H,1-3H3,(H,15,16,17)/t8-/m1/s1. The van der Waals surface area contributed by atoms with Gasteiger partial charge in [0.2, 0.25) is 5.16 Å². The quantitative estimate of drug-likeness (QED) is 0.852. The van der Waals surface area contributed by atoms with E-state index >= 15 is 0 Å². The predicted octanol–water partition coefficient (Wildman–Crippen LogP) is 2.49. The minimum Gasteiger partial charge on any atom is -0.497 e. The number of nitrogens with one attached hydrogen (secondary N) is 1. The number of benzene rings is 1. The Morgan fingerprint density at radius 2 is 2.15 bits per heavy atom. The highest BCUT2D eigenvalue weighted by Crippen LogP contribution is 2.32. The summed E-state index contributed by atoms with van der Waals surface area (Å²) in [5.74, 6) is 1.94. The third-order valence-electron chi connectivity index (χ3n) is 2.59. The zero-order valence-corrected chi connectivity index (χ0v) is 12.2. The summed E-state index contributed by atoms with van der Waals surface area (Å²) in [6, 6.07) is 7.58. The Bertz CT molecular complexity index is 636. The van der Waals surface area contributed by atoms with Crippen LogP contribution in [-0.2, 0) is 0 Å². The van der Waals surface area contributed by atoms with Crippen LogP contribution in [0.25, 0.3) is 11.4 Å². The van der Waals surface area contributed by atoms with Crippen LogP contribution >= 0.6 is 11.8 Å². The number of thioether (sulfide) groups is 1. The first-order chi connectivity index (χ1) is 9.67. The summed E-state index contributed by atoms with van der Waals surface area (Å²) in [5.41, 5.74) is 0.789. The van der Waals surface area contributed by atoms with Gasteiger partial charge in [-0.3, -0.25) is 5.10 Å². The number of hydrogen-bond acceptors (Lipinski definition) is 6. The lowest BCUT2D eigenvalue weighted by atomic mass is 10.2. The van der Waals surface area contributed by atoms with Gasteiger partial charge in [0.25, 0.3) is 0 Å². The molecule has 6 nitrogen and oxygen atoms in total. The van der Waals surface area contributed by atoms with Crippen LogP contribution in [0.4, 0.5) is 0 Å². The average molecular weight is 290 g/mol. The molecule has 20 heavy (non-hydrogen) atoms. The van der Waals surface area contributed by atoms with Crippen molar-refractivity contribution in [2.24, 2.45) is 0 Å². The first kappa shape index (κ1) is 14.2. The number of nitrogens with zero attached hydrogens (tertiary/aromatic N) is 3. The second kappa shape index (κ2) is 6.30. The summed E-state index contributed by atoms with van der Waals surface area (Å²) in [6.45, 7) is 1.80. The average Bonchev–Trinajstić information content (AvgIpc) is 2.94. The second-order valence-electron chi connectivity index (χ2n) is 3.92. The molecule has 0 aliphatic carbocycles. The minimum absolute atomic E-state index is 0.198. The largest absolute Gasteiger partial charge is 0.497 e. The SMILES string of the molecule is COc1ccc(-c2nc(S[C@H](C)C#N)n[nH]2)c(OC)c1. The van der Waals surface area contributed by atoms with Crippen LogP contribution < -0.4 is 9.47 Å². The van der Waals surface area contributed by atoms with E-state index in [0.717, 1.165) is 5.56 Å². The van der Waals surface area contributed by atoms with Crippen LogP contribution in [0.5, 0.6) is 11.5 Å². The molecule has 0 spiro atoms. The van der Waals surface area contributed by atoms with E-state index in [9.17, 15) is 0 Å². The summed E-state index contributed by atoms with van der Waals surface area (Å²) in [7, 11) is 3.18. The number of ether oxygens (including phenoxy) is 2. The number of aromatic nitrogens is 3. The van der Waals surface area contributed by atoms with E-state index in [1.807, 2.05) is 12.1 Å². The van der Waals surface area contributed by atoms with Crippen molar-refractivity contribution in [3.63, 3.8) is 0 Å². The van der Waals surface area contributed by atoms with Crippen LogP contribution in [0.3, 0.4) is 0 Å². The zero-order chi connectivity index (χ0) is 14.5. The van der Waals surface area contributed by atoms with Gasteiger partial charge in [0.1, 0.15) is 11.5 Å². The van der Waals surface area contributed by atoms with Gasteiger partial charge in [-0.05, 0) is 19.1 Å². The summed E-state index contributed by atoms with van der Waals surface area (Å²) in [5, 5.41) is 16.1. The minimum atomic E-state index is -0.198. The van der Waals surface area contributed by atoms with Crippen molar-refractivity contribution >= 4 is 11.8 Å². The van der Waals surface area contributed by atoms with Crippen molar-refractivity contribution in [3.8, 4) is 29.0 Å². The smallest absolute Gasteiger partial charge is 0.210 e. The van der Waals surface area contributed by atoms with E-state index in [2.05, 4.69) is 21.3 Å². The Hall–Kier alpha value is -2.20. The van der Waals surface area contributed by atoms with Gasteiger partial charge in [0, 0.05) is 6.07 Å². The summed E-state index contributed by atoms with van der Waals surface area (Å²) < 4.78 is 10.5. The van der Waals surface area contributed by atoms with E-state index < -0.39 is 0 Å². The molecule has 1 N–H and O–H groups in total. The van der Waals surface area contributed by atoms with Crippen LogP contribution in [0.1, 0.15) is 6.92 Å². The highest BCUT2D eigenvalue weighted by atomic mass is 32.2. The fourth-order valence-electron chi connectivity index (χ4n) is 1.60. The van der Waals surface area contributed by atoms with Gasteiger partial charge in [0.05, 0.1) is 31.1 Å². The highest BCUT2D eigenvalue weighted by molar-refractivity contribution is 8.00. The topological polar surface area (TPSA) is 83.8 Å². The van der Waals surface area contributed by atoms with E-state index in [4.69, 9.17) is 14.7 Å². The van der Waals surface area contributed by atoms with Gasteiger partial charge in [-0.2, -0.15) is 5.26 Å².